The van der Waals surface area contributed by atoms with Crippen molar-refractivity contribution in [3.8, 4) is 0 Å². The van der Waals surface area contributed by atoms with Gasteiger partial charge in [-0.25, -0.2) is 4.79 Å². The first-order valence-electron chi connectivity index (χ1n) is 9.12. The summed E-state index contributed by atoms with van der Waals surface area (Å²) in [6.07, 6.45) is 14.0. The fourth-order valence-corrected chi connectivity index (χ4v) is 4.34. The van der Waals surface area contributed by atoms with Gasteiger partial charge in [0.15, 0.2) is 0 Å². The van der Waals surface area contributed by atoms with Crippen molar-refractivity contribution in [1.82, 2.24) is 15.5 Å². The quantitative estimate of drug-likeness (QED) is 0.840. The van der Waals surface area contributed by atoms with Crippen LogP contribution in [0.1, 0.15) is 70.6 Å². The van der Waals surface area contributed by atoms with E-state index in [4.69, 9.17) is 0 Å². The largest absolute Gasteiger partial charge is 0.335 e. The number of urea groups is 1. The highest BCUT2D eigenvalue weighted by atomic mass is 16.2. The second-order valence-corrected chi connectivity index (χ2v) is 7.20. The Labute approximate surface area is 129 Å². The minimum Gasteiger partial charge on any atom is -0.335 e. The average molecular weight is 293 g/mol. The van der Waals surface area contributed by atoms with Gasteiger partial charge in [-0.3, -0.25) is 0 Å². The highest BCUT2D eigenvalue weighted by Crippen LogP contribution is 2.26. The second kappa shape index (κ2) is 7.48. The summed E-state index contributed by atoms with van der Waals surface area (Å²) in [5.41, 5.74) is 0. The van der Waals surface area contributed by atoms with Gasteiger partial charge in [-0.05, 0) is 38.5 Å². The first kappa shape index (κ1) is 15.1. The van der Waals surface area contributed by atoms with Crippen LogP contribution in [0.25, 0.3) is 0 Å². The summed E-state index contributed by atoms with van der Waals surface area (Å²) in [4.78, 5) is 14.7. The van der Waals surface area contributed by atoms with Gasteiger partial charge in [-0.2, -0.15) is 0 Å². The molecule has 2 N–H and O–H groups in total. The third kappa shape index (κ3) is 4.35. The summed E-state index contributed by atoms with van der Waals surface area (Å²) < 4.78 is 0. The monoisotopic (exact) mass is 293 g/mol. The van der Waals surface area contributed by atoms with Crippen LogP contribution in [0.3, 0.4) is 0 Å². The van der Waals surface area contributed by atoms with Crippen molar-refractivity contribution in [2.24, 2.45) is 0 Å². The van der Waals surface area contributed by atoms with Crippen LogP contribution in [-0.4, -0.2) is 42.1 Å². The number of amides is 2. The molecule has 21 heavy (non-hydrogen) atoms. The lowest BCUT2D eigenvalue weighted by Crippen LogP contribution is -2.51. The highest BCUT2D eigenvalue weighted by molar-refractivity contribution is 5.74. The van der Waals surface area contributed by atoms with E-state index in [0.717, 1.165) is 31.7 Å². The Morgan fingerprint density at radius 2 is 1.24 bits per heavy atom. The number of nitrogens with zero attached hydrogens (tertiary/aromatic N) is 1. The summed E-state index contributed by atoms with van der Waals surface area (Å²) in [6, 6.07) is 1.70. The van der Waals surface area contributed by atoms with E-state index < -0.39 is 0 Å². The molecule has 0 radical (unpaired) electrons. The lowest BCUT2D eigenvalue weighted by atomic mass is 9.96. The van der Waals surface area contributed by atoms with E-state index in [1.54, 1.807) is 0 Å². The zero-order chi connectivity index (χ0) is 14.5. The van der Waals surface area contributed by atoms with Crippen LogP contribution in [0.15, 0.2) is 0 Å². The smallest absolute Gasteiger partial charge is 0.315 e. The molecule has 120 valence electrons. The molecule has 4 nitrogen and oxygen atoms in total. The van der Waals surface area contributed by atoms with Crippen LogP contribution in [0.4, 0.5) is 4.79 Å². The molecular formula is C17H31N3O. The van der Waals surface area contributed by atoms with Crippen LogP contribution in [0.5, 0.6) is 0 Å². The summed E-state index contributed by atoms with van der Waals surface area (Å²) in [5.74, 6) is 0. The van der Waals surface area contributed by atoms with Gasteiger partial charge in [0.05, 0.1) is 0 Å². The molecule has 2 saturated carbocycles. The zero-order valence-electron chi connectivity index (χ0n) is 13.3. The van der Waals surface area contributed by atoms with Crippen LogP contribution in [0, 0.1) is 0 Å². The maximum absolute atomic E-state index is 12.1. The average Bonchev–Trinajstić information content (AvgIpc) is 3.03. The lowest BCUT2D eigenvalue weighted by molar-refractivity contribution is 0.145. The molecule has 3 rings (SSSR count). The van der Waals surface area contributed by atoms with Crippen molar-refractivity contribution in [2.75, 3.05) is 13.1 Å². The van der Waals surface area contributed by atoms with E-state index in [-0.39, 0.29) is 6.03 Å². The molecule has 0 aromatic rings. The van der Waals surface area contributed by atoms with Crippen LogP contribution in [-0.2, 0) is 0 Å². The molecule has 0 atom stereocenters. The number of carbonyl (C=O) groups is 1. The van der Waals surface area contributed by atoms with E-state index in [0.29, 0.717) is 12.1 Å². The van der Waals surface area contributed by atoms with Crippen LogP contribution in [0.2, 0.25) is 0 Å². The van der Waals surface area contributed by atoms with E-state index >= 15 is 0 Å². The van der Waals surface area contributed by atoms with Gasteiger partial charge in [-0.1, -0.05) is 32.1 Å². The Balaban J connectivity index is 1.35. The fourth-order valence-electron chi connectivity index (χ4n) is 4.34. The Hall–Kier alpha value is -0.770. The molecule has 1 saturated heterocycles. The molecule has 3 fully saturated rings. The summed E-state index contributed by atoms with van der Waals surface area (Å²) >= 11 is 0. The van der Waals surface area contributed by atoms with Crippen molar-refractivity contribution in [3.05, 3.63) is 0 Å². The number of likely N-dealkylation sites (tertiary alicyclic amines) is 1. The van der Waals surface area contributed by atoms with Gasteiger partial charge in [0, 0.05) is 31.2 Å². The number of nitrogens with one attached hydrogen (secondary N) is 2. The van der Waals surface area contributed by atoms with E-state index in [9.17, 15) is 4.79 Å². The lowest BCUT2D eigenvalue weighted by Gasteiger charge is -2.36. The highest BCUT2D eigenvalue weighted by Gasteiger charge is 2.28. The summed E-state index contributed by atoms with van der Waals surface area (Å²) in [5, 5.41) is 6.37. The first-order valence-corrected chi connectivity index (χ1v) is 9.12. The van der Waals surface area contributed by atoms with Crippen LogP contribution >= 0.6 is 0 Å². The van der Waals surface area contributed by atoms with Crippen molar-refractivity contribution >= 4 is 6.03 Å². The molecule has 0 bridgehead atoms. The van der Waals surface area contributed by atoms with Gasteiger partial charge in [0.25, 0.3) is 0 Å². The SMILES string of the molecule is O=C(NC1CCCCC1)NC1CCN(C2CCCC2)CC1. The molecule has 1 heterocycles. The topological polar surface area (TPSA) is 44.4 Å². The summed E-state index contributed by atoms with van der Waals surface area (Å²) in [6.45, 7) is 2.33. The van der Waals surface area contributed by atoms with Gasteiger partial charge in [-0.15, -0.1) is 0 Å². The normalized spacial score (nSPS) is 26.9. The third-order valence-corrected chi connectivity index (χ3v) is 5.65. The number of carbonyl (C=O) groups excluding carboxylic acids is 1. The van der Waals surface area contributed by atoms with Crippen molar-refractivity contribution < 1.29 is 4.79 Å². The Morgan fingerprint density at radius 1 is 0.714 bits per heavy atom. The fraction of sp³-hybridized carbons (Fsp3) is 0.941. The van der Waals surface area contributed by atoms with E-state index in [1.165, 1.54) is 58.0 Å². The molecular weight excluding hydrogens is 262 g/mol. The Morgan fingerprint density at radius 3 is 1.86 bits per heavy atom. The number of piperidine rings is 1. The number of hydrogen-bond donors (Lipinski definition) is 2. The Kier molecular flexibility index (Phi) is 5.39. The van der Waals surface area contributed by atoms with Crippen molar-refractivity contribution in [1.29, 1.82) is 0 Å². The van der Waals surface area contributed by atoms with E-state index in [2.05, 4.69) is 15.5 Å². The molecule has 0 aromatic carbocycles. The molecule has 4 heteroatoms. The molecule has 2 amide bonds. The summed E-state index contributed by atoms with van der Waals surface area (Å²) in [7, 11) is 0. The van der Waals surface area contributed by atoms with Gasteiger partial charge >= 0.3 is 6.03 Å². The first-order chi connectivity index (χ1) is 10.3. The van der Waals surface area contributed by atoms with E-state index in [1.807, 2.05) is 0 Å². The van der Waals surface area contributed by atoms with Gasteiger partial charge in [0.2, 0.25) is 0 Å². The standard InChI is InChI=1S/C17H31N3O/c21-17(18-14-6-2-1-3-7-14)19-15-10-12-20(13-11-15)16-8-4-5-9-16/h14-16H,1-13H2,(H2,18,19,21). The van der Waals surface area contributed by atoms with Crippen molar-refractivity contribution in [2.45, 2.75) is 88.8 Å². The van der Waals surface area contributed by atoms with Gasteiger partial charge < -0.3 is 15.5 Å². The molecule has 0 spiro atoms. The predicted molar refractivity (Wildman–Crippen MR) is 85.4 cm³/mol. The predicted octanol–water partition coefficient (Wildman–Crippen LogP) is 3.03. The third-order valence-electron chi connectivity index (χ3n) is 5.65. The van der Waals surface area contributed by atoms with Crippen molar-refractivity contribution in [3.63, 3.8) is 0 Å². The Bertz CT molecular complexity index is 327. The molecule has 1 aliphatic heterocycles. The molecule has 2 aliphatic carbocycles. The minimum absolute atomic E-state index is 0.0706. The maximum atomic E-state index is 12.1. The second-order valence-electron chi connectivity index (χ2n) is 7.20. The van der Waals surface area contributed by atoms with Crippen LogP contribution < -0.4 is 10.6 Å². The molecule has 0 aromatic heterocycles. The molecule has 3 aliphatic rings. The molecule has 0 unspecified atom stereocenters. The minimum atomic E-state index is 0.0706. The maximum Gasteiger partial charge on any atom is 0.315 e. The zero-order valence-corrected chi connectivity index (χ0v) is 13.3. The number of rotatable bonds is 3. The van der Waals surface area contributed by atoms with Gasteiger partial charge in [0.1, 0.15) is 0 Å². The number of hydrogen-bond acceptors (Lipinski definition) is 2.